The molecule has 0 amide bonds. The summed E-state index contributed by atoms with van der Waals surface area (Å²) >= 11 is 0. The number of aliphatic hydroxyl groups is 16. The van der Waals surface area contributed by atoms with Gasteiger partial charge < -0.3 is 139 Å². The maximum absolute atomic E-state index is 15.3. The molecule has 534 valence electrons. The van der Waals surface area contributed by atoms with Crippen molar-refractivity contribution in [2.24, 2.45) is 50.2 Å². The SMILES string of the molecule is C[C@@H]1O[C@H](O[C@@H]2[C@@H](O)[C@H](O[C@H]3CC[C@@]4(C)C(CC[C@]5(C)C4CC=C4C6CC(C)(C)CC[C@]6(C(=O)O[C@@H]6O[C@H](C)[C@@H](O[C@H]7O[C@H](CO[C@@H]8O[C@H](CO)[C@@H](O)[C@H](O)[C@H]8O)[C@@H](O)[C@H](O)[C@H]7O)[C@H](O)[C@@H]6O)CC[C@]45C)C3(C)C)OC[C@H]2O)[C@@H](O[C@@H]2OC[C@H](O)[C@H](O)[C@H]2O)[C@@H](O)[C@@H]1O. The predicted octanol–water partition coefficient (Wildman–Crippen LogP) is -3.05. The van der Waals surface area contributed by atoms with Crippen LogP contribution in [0.5, 0.6) is 0 Å². The summed E-state index contributed by atoms with van der Waals surface area (Å²) < 4.78 is 71.4. The third kappa shape index (κ3) is 12.6. The van der Waals surface area contributed by atoms with Gasteiger partial charge in [0.2, 0.25) is 6.29 Å². The van der Waals surface area contributed by atoms with E-state index in [2.05, 4.69) is 54.5 Å². The number of carbonyl (C=O) groups excluding carboxylic acids is 1. The maximum atomic E-state index is 15.3. The van der Waals surface area contributed by atoms with Gasteiger partial charge in [0.05, 0.1) is 50.2 Å². The zero-order valence-corrected chi connectivity index (χ0v) is 54.4. The van der Waals surface area contributed by atoms with Crippen molar-refractivity contribution >= 4 is 5.97 Å². The Morgan fingerprint density at radius 2 is 1.08 bits per heavy atom. The zero-order valence-electron chi connectivity index (χ0n) is 54.4. The second-order valence-electron chi connectivity index (χ2n) is 31.0. The van der Waals surface area contributed by atoms with Crippen LogP contribution < -0.4 is 0 Å². The summed E-state index contributed by atoms with van der Waals surface area (Å²) in [4.78, 5) is 15.3. The van der Waals surface area contributed by atoms with Crippen LogP contribution in [0.3, 0.4) is 0 Å². The topological polar surface area (TPSA) is 452 Å². The molecule has 0 aromatic rings. The zero-order chi connectivity index (χ0) is 67.7. The molecule has 11 aliphatic rings. The Morgan fingerprint density at radius 3 is 1.76 bits per heavy atom. The number of allylic oxidation sites excluding steroid dienone is 2. The minimum absolute atomic E-state index is 0.138. The molecule has 36 atom stereocenters. The van der Waals surface area contributed by atoms with Crippen LogP contribution in [-0.2, 0) is 61.6 Å². The summed E-state index contributed by atoms with van der Waals surface area (Å²) in [5.41, 5.74) is -1.17. The lowest BCUT2D eigenvalue weighted by molar-refractivity contribution is -0.378. The second-order valence-corrected chi connectivity index (χ2v) is 31.0. The highest BCUT2D eigenvalue weighted by atomic mass is 16.8. The molecule has 0 radical (unpaired) electrons. The van der Waals surface area contributed by atoms with E-state index in [0.717, 1.165) is 32.1 Å². The molecule has 0 aromatic carbocycles. The number of esters is 1. The Kier molecular flexibility index (Phi) is 20.9. The quantitative estimate of drug-likeness (QED) is 0.0467. The Morgan fingerprint density at radius 1 is 0.505 bits per heavy atom. The molecule has 4 saturated carbocycles. The second kappa shape index (κ2) is 26.9. The summed E-state index contributed by atoms with van der Waals surface area (Å²) in [6.07, 6.45) is -35.4. The minimum atomic E-state index is -1.91. The van der Waals surface area contributed by atoms with Crippen LogP contribution in [0.2, 0.25) is 0 Å². The van der Waals surface area contributed by atoms with Gasteiger partial charge in [-0.2, -0.15) is 0 Å². The molecule has 3 unspecified atom stereocenters. The highest BCUT2D eigenvalue weighted by Crippen LogP contribution is 2.76. The number of carbonyl (C=O) groups is 1. The number of rotatable bonds is 14. The van der Waals surface area contributed by atoms with Crippen LogP contribution >= 0.6 is 0 Å². The fraction of sp³-hybridized carbons (Fsp3) is 0.953. The third-order valence-electron chi connectivity index (χ3n) is 24.8. The normalized spacial score (nSPS) is 54.7. The molecule has 16 N–H and O–H groups in total. The van der Waals surface area contributed by atoms with Gasteiger partial charge in [-0.25, -0.2) is 0 Å². The largest absolute Gasteiger partial charge is 0.432 e. The van der Waals surface area contributed by atoms with Gasteiger partial charge in [-0.1, -0.05) is 60.1 Å². The monoisotopic (exact) mass is 1340 g/mol. The highest BCUT2D eigenvalue weighted by Gasteiger charge is 2.70. The summed E-state index contributed by atoms with van der Waals surface area (Å²) in [5, 5.41) is 173. The first kappa shape index (κ1) is 72.4. The average Bonchev–Trinajstić information content (AvgIpc) is 0.676. The van der Waals surface area contributed by atoms with E-state index in [0.29, 0.717) is 32.1 Å². The highest BCUT2D eigenvalue weighted by molar-refractivity contribution is 5.79. The first-order chi connectivity index (χ1) is 43.5. The molecule has 6 saturated heterocycles. The van der Waals surface area contributed by atoms with E-state index in [4.69, 9.17) is 56.8 Å². The number of hydrogen-bond acceptors (Lipinski definition) is 29. The number of fused-ring (bicyclic) bond motifs is 7. The summed E-state index contributed by atoms with van der Waals surface area (Å²) in [6, 6.07) is 0. The Labute approximate surface area is 540 Å². The molecule has 10 fully saturated rings. The molecule has 0 spiro atoms. The number of hydrogen-bond donors (Lipinski definition) is 16. The fourth-order valence-corrected chi connectivity index (χ4v) is 18.7. The number of aliphatic hydroxyl groups excluding tert-OH is 16. The molecule has 29 nitrogen and oxygen atoms in total. The molecule has 6 aliphatic heterocycles. The molecule has 29 heteroatoms. The van der Waals surface area contributed by atoms with Gasteiger partial charge in [0.15, 0.2) is 31.5 Å². The van der Waals surface area contributed by atoms with Crippen molar-refractivity contribution < 1.29 is 143 Å². The van der Waals surface area contributed by atoms with E-state index in [1.54, 1.807) is 0 Å². The van der Waals surface area contributed by atoms with Gasteiger partial charge >= 0.3 is 5.97 Å². The van der Waals surface area contributed by atoms with E-state index in [-0.39, 0.29) is 46.0 Å². The van der Waals surface area contributed by atoms with E-state index in [1.165, 1.54) is 19.4 Å². The minimum Gasteiger partial charge on any atom is -0.432 e. The first-order valence-electron chi connectivity index (χ1n) is 33.4. The van der Waals surface area contributed by atoms with E-state index in [9.17, 15) is 81.7 Å². The van der Waals surface area contributed by atoms with Crippen molar-refractivity contribution in [3.8, 4) is 0 Å². The molecular weight excluding hydrogens is 1230 g/mol. The van der Waals surface area contributed by atoms with Gasteiger partial charge in [0, 0.05) is 0 Å². The maximum Gasteiger partial charge on any atom is 0.315 e. The van der Waals surface area contributed by atoms with Crippen molar-refractivity contribution in [1.82, 2.24) is 0 Å². The van der Waals surface area contributed by atoms with Gasteiger partial charge in [0.25, 0.3) is 0 Å². The fourth-order valence-electron chi connectivity index (χ4n) is 18.7. The predicted molar refractivity (Wildman–Crippen MR) is 313 cm³/mol. The lowest BCUT2D eigenvalue weighted by atomic mass is 9.33. The molecular formula is C64H104O29. The van der Waals surface area contributed by atoms with Gasteiger partial charge in [-0.3, -0.25) is 4.79 Å². The van der Waals surface area contributed by atoms with E-state index in [1.807, 2.05) is 0 Å². The van der Waals surface area contributed by atoms with Gasteiger partial charge in [-0.05, 0) is 123 Å². The summed E-state index contributed by atoms with van der Waals surface area (Å²) in [5.74, 6) is -0.440. The van der Waals surface area contributed by atoms with E-state index < -0.39 is 215 Å². The van der Waals surface area contributed by atoms with Crippen LogP contribution in [0.4, 0.5) is 0 Å². The van der Waals surface area contributed by atoms with Gasteiger partial charge in [0.1, 0.15) is 122 Å². The molecule has 11 rings (SSSR count). The molecule has 0 bridgehead atoms. The lowest BCUT2D eigenvalue weighted by Crippen LogP contribution is -2.66. The van der Waals surface area contributed by atoms with Gasteiger partial charge in [-0.15, -0.1) is 0 Å². The van der Waals surface area contributed by atoms with Crippen LogP contribution in [0.15, 0.2) is 11.6 Å². The lowest BCUT2D eigenvalue weighted by Gasteiger charge is -2.71. The van der Waals surface area contributed by atoms with E-state index >= 15 is 4.79 Å². The smallest absolute Gasteiger partial charge is 0.315 e. The Balaban J connectivity index is 0.748. The molecule has 5 aliphatic carbocycles. The average molecular weight is 1340 g/mol. The third-order valence-corrected chi connectivity index (χ3v) is 24.8. The molecule has 6 heterocycles. The van der Waals surface area contributed by atoms with Crippen LogP contribution in [-0.4, -0.2) is 292 Å². The van der Waals surface area contributed by atoms with Crippen LogP contribution in [0, 0.1) is 50.2 Å². The van der Waals surface area contributed by atoms with Crippen molar-refractivity contribution in [2.45, 2.75) is 305 Å². The van der Waals surface area contributed by atoms with Crippen molar-refractivity contribution in [1.29, 1.82) is 0 Å². The molecule has 93 heavy (non-hydrogen) atoms. The van der Waals surface area contributed by atoms with Crippen molar-refractivity contribution in [3.05, 3.63) is 11.6 Å². The standard InChI is InChI=1S/C64H104O29/c1-25-36(68)42(74)51(92-53-44(76)37(69)29(66)22-82-53)57(85-25)91-50-30(67)23-83-54(48(50)80)89-35-13-14-61(7)33(60(35,5)6)12-15-63(9)34(61)11-10-27-28-20-59(3,4)16-18-64(28,19-17-62(27,63)8)58(81)93-55-47(79)43(75)49(26(2)86-55)90-56-46(78)41(73)39(71)32(88-56)24-84-52-45(77)40(72)38(70)31(21-65)87-52/h10,25-26,28-57,65-80H,11-24H2,1-9H3/t25-,26+,28?,29-,30+,31+,32+,33?,34?,35-,36+,37-,38+,39+,40-,41-,42-,43+,44+,45+,46+,47-,48+,49+,50-,51-,52+,53-,54-,55-,56+,57+,61-,62+,63+,64-/m0/s1. The summed E-state index contributed by atoms with van der Waals surface area (Å²) in [6.45, 7) is 16.9. The Bertz CT molecular complexity index is 2620. The molecule has 0 aromatic heterocycles. The van der Waals surface area contributed by atoms with Crippen LogP contribution in [0.1, 0.15) is 127 Å². The number of ether oxygens (including phenoxy) is 12. The van der Waals surface area contributed by atoms with Crippen molar-refractivity contribution in [3.63, 3.8) is 0 Å². The summed E-state index contributed by atoms with van der Waals surface area (Å²) in [7, 11) is 0. The van der Waals surface area contributed by atoms with Crippen LogP contribution in [0.25, 0.3) is 0 Å². The first-order valence-corrected chi connectivity index (χ1v) is 33.4. The Hall–Kier alpha value is -1.87. The van der Waals surface area contributed by atoms with Crippen molar-refractivity contribution in [2.75, 3.05) is 26.4 Å².